The van der Waals surface area contributed by atoms with Crippen LogP contribution in [0.5, 0.6) is 0 Å². The minimum Gasteiger partial charge on any atom is -0.348 e. The maximum atomic E-state index is 12.5. The van der Waals surface area contributed by atoms with Gasteiger partial charge in [0, 0.05) is 29.8 Å². The van der Waals surface area contributed by atoms with E-state index in [0.29, 0.717) is 37.6 Å². The van der Waals surface area contributed by atoms with E-state index in [1.54, 1.807) is 35.4 Å². The van der Waals surface area contributed by atoms with Gasteiger partial charge >= 0.3 is 0 Å². The SMILES string of the molecule is C=CC(=O)N1CCn2ncc(CNC(=O)c3ccc(-c4ncon4)cc3)c2C1. The van der Waals surface area contributed by atoms with Crippen molar-refractivity contribution in [2.24, 2.45) is 0 Å². The van der Waals surface area contributed by atoms with Gasteiger partial charge in [-0.1, -0.05) is 23.9 Å². The third-order valence-electron chi connectivity index (χ3n) is 4.65. The standard InChI is InChI=1S/C19H18N6O3/c1-2-17(26)24-7-8-25-16(11-24)15(10-22-25)9-20-19(27)14-5-3-13(4-6-14)18-21-12-28-23-18/h2-6,10,12H,1,7-9,11H2,(H,20,27). The van der Waals surface area contributed by atoms with Crippen LogP contribution >= 0.6 is 0 Å². The van der Waals surface area contributed by atoms with E-state index in [2.05, 4.69) is 27.1 Å². The van der Waals surface area contributed by atoms with Gasteiger partial charge in [0.1, 0.15) is 0 Å². The zero-order valence-electron chi connectivity index (χ0n) is 15.0. The van der Waals surface area contributed by atoms with Crippen molar-refractivity contribution in [3.63, 3.8) is 0 Å². The molecule has 0 fully saturated rings. The summed E-state index contributed by atoms with van der Waals surface area (Å²) in [5.41, 5.74) is 3.10. The van der Waals surface area contributed by atoms with E-state index in [4.69, 9.17) is 4.52 Å². The van der Waals surface area contributed by atoms with Crippen LogP contribution in [-0.2, 0) is 24.4 Å². The first-order chi connectivity index (χ1) is 13.7. The molecular formula is C19H18N6O3. The highest BCUT2D eigenvalue weighted by atomic mass is 16.5. The van der Waals surface area contributed by atoms with Crippen LogP contribution in [0.3, 0.4) is 0 Å². The summed E-state index contributed by atoms with van der Waals surface area (Å²) in [6.07, 6.45) is 4.30. The zero-order valence-corrected chi connectivity index (χ0v) is 15.0. The van der Waals surface area contributed by atoms with Crippen molar-refractivity contribution >= 4 is 11.8 Å². The summed E-state index contributed by atoms with van der Waals surface area (Å²) in [6.45, 7) is 5.54. The molecule has 0 saturated carbocycles. The number of rotatable bonds is 5. The van der Waals surface area contributed by atoms with Gasteiger partial charge in [0.05, 0.1) is 25.0 Å². The molecule has 0 atom stereocenters. The molecule has 0 spiro atoms. The molecular weight excluding hydrogens is 360 g/mol. The van der Waals surface area contributed by atoms with Crippen molar-refractivity contribution in [1.29, 1.82) is 0 Å². The number of hydrogen-bond donors (Lipinski definition) is 1. The van der Waals surface area contributed by atoms with Gasteiger partial charge < -0.3 is 14.7 Å². The quantitative estimate of drug-likeness (QED) is 0.673. The van der Waals surface area contributed by atoms with Crippen molar-refractivity contribution in [1.82, 2.24) is 30.1 Å². The monoisotopic (exact) mass is 378 g/mol. The number of benzene rings is 1. The number of aromatic nitrogens is 4. The molecule has 0 aliphatic carbocycles. The summed E-state index contributed by atoms with van der Waals surface area (Å²) in [5, 5.41) is 11.0. The Morgan fingerprint density at radius 2 is 2.07 bits per heavy atom. The molecule has 3 aromatic rings. The van der Waals surface area contributed by atoms with Crippen LogP contribution in [0.25, 0.3) is 11.4 Å². The normalized spacial score (nSPS) is 13.1. The molecule has 3 heterocycles. The summed E-state index contributed by atoms with van der Waals surface area (Å²) in [7, 11) is 0. The van der Waals surface area contributed by atoms with Gasteiger partial charge in [0.25, 0.3) is 5.91 Å². The minimum atomic E-state index is -0.200. The van der Waals surface area contributed by atoms with Gasteiger partial charge in [-0.25, -0.2) is 0 Å². The smallest absolute Gasteiger partial charge is 0.251 e. The topological polar surface area (TPSA) is 106 Å². The van der Waals surface area contributed by atoms with Crippen molar-refractivity contribution < 1.29 is 14.1 Å². The van der Waals surface area contributed by atoms with E-state index < -0.39 is 0 Å². The number of carbonyl (C=O) groups excluding carboxylic acids is 2. The van der Waals surface area contributed by atoms with Crippen molar-refractivity contribution in [3.05, 3.63) is 66.3 Å². The van der Waals surface area contributed by atoms with E-state index >= 15 is 0 Å². The number of nitrogens with zero attached hydrogens (tertiary/aromatic N) is 5. The number of amides is 2. The van der Waals surface area contributed by atoms with Gasteiger partial charge in [0.15, 0.2) is 0 Å². The van der Waals surface area contributed by atoms with Crippen LogP contribution in [0.4, 0.5) is 0 Å². The van der Waals surface area contributed by atoms with Gasteiger partial charge in [-0.2, -0.15) is 10.1 Å². The molecule has 0 saturated heterocycles. The van der Waals surface area contributed by atoms with Gasteiger partial charge in [-0.3, -0.25) is 14.3 Å². The number of nitrogens with one attached hydrogen (secondary N) is 1. The second-order valence-corrected chi connectivity index (χ2v) is 6.32. The lowest BCUT2D eigenvalue weighted by Crippen LogP contribution is -2.38. The van der Waals surface area contributed by atoms with Gasteiger partial charge in [-0.15, -0.1) is 0 Å². The predicted molar refractivity (Wildman–Crippen MR) is 98.7 cm³/mol. The fourth-order valence-corrected chi connectivity index (χ4v) is 3.11. The summed E-state index contributed by atoms with van der Waals surface area (Å²) >= 11 is 0. The lowest BCUT2D eigenvalue weighted by atomic mass is 10.1. The van der Waals surface area contributed by atoms with E-state index in [0.717, 1.165) is 16.8 Å². The van der Waals surface area contributed by atoms with E-state index in [9.17, 15) is 9.59 Å². The first-order valence-electron chi connectivity index (χ1n) is 8.75. The van der Waals surface area contributed by atoms with Gasteiger partial charge in [0.2, 0.25) is 18.1 Å². The number of fused-ring (bicyclic) bond motifs is 1. The molecule has 2 amide bonds. The lowest BCUT2D eigenvalue weighted by Gasteiger charge is -2.27. The Morgan fingerprint density at radius 1 is 1.25 bits per heavy atom. The van der Waals surface area contributed by atoms with Crippen LogP contribution < -0.4 is 5.32 Å². The summed E-state index contributed by atoms with van der Waals surface area (Å²) in [4.78, 5) is 30.0. The Kier molecular flexibility index (Phi) is 4.71. The van der Waals surface area contributed by atoms with Crippen LogP contribution in [0.15, 0.2) is 54.0 Å². The highest BCUT2D eigenvalue weighted by molar-refractivity contribution is 5.94. The van der Waals surface area contributed by atoms with Crippen LogP contribution in [-0.4, -0.2) is 43.2 Å². The van der Waals surface area contributed by atoms with Crippen molar-refractivity contribution in [2.75, 3.05) is 6.54 Å². The summed E-state index contributed by atoms with van der Waals surface area (Å²) in [5.74, 6) is 0.163. The fraction of sp³-hybridized carbons (Fsp3) is 0.211. The van der Waals surface area contributed by atoms with Crippen molar-refractivity contribution in [2.45, 2.75) is 19.6 Å². The molecule has 1 N–H and O–H groups in total. The molecule has 0 radical (unpaired) electrons. The molecule has 0 bridgehead atoms. The molecule has 1 aromatic carbocycles. The molecule has 28 heavy (non-hydrogen) atoms. The Hall–Kier alpha value is -3.75. The molecule has 9 nitrogen and oxygen atoms in total. The van der Waals surface area contributed by atoms with Crippen LogP contribution in [0.2, 0.25) is 0 Å². The maximum Gasteiger partial charge on any atom is 0.251 e. The van der Waals surface area contributed by atoms with E-state index in [1.807, 2.05) is 4.68 Å². The van der Waals surface area contributed by atoms with E-state index in [1.165, 1.54) is 12.5 Å². The first kappa shape index (κ1) is 17.7. The molecule has 1 aliphatic rings. The molecule has 2 aromatic heterocycles. The summed E-state index contributed by atoms with van der Waals surface area (Å²) in [6, 6.07) is 6.94. The predicted octanol–water partition coefficient (Wildman–Crippen LogP) is 1.39. The van der Waals surface area contributed by atoms with Crippen LogP contribution in [0.1, 0.15) is 21.6 Å². The highest BCUT2D eigenvalue weighted by Crippen LogP contribution is 2.18. The summed E-state index contributed by atoms with van der Waals surface area (Å²) < 4.78 is 6.59. The third-order valence-corrected chi connectivity index (χ3v) is 4.65. The second kappa shape index (κ2) is 7.47. The molecule has 1 aliphatic heterocycles. The Bertz CT molecular complexity index is 1010. The highest BCUT2D eigenvalue weighted by Gasteiger charge is 2.22. The van der Waals surface area contributed by atoms with E-state index in [-0.39, 0.29) is 11.8 Å². The lowest BCUT2D eigenvalue weighted by molar-refractivity contribution is -0.127. The van der Waals surface area contributed by atoms with Crippen molar-refractivity contribution in [3.8, 4) is 11.4 Å². The average molecular weight is 378 g/mol. The molecule has 142 valence electrons. The maximum absolute atomic E-state index is 12.5. The Morgan fingerprint density at radius 3 is 2.79 bits per heavy atom. The third kappa shape index (κ3) is 3.41. The average Bonchev–Trinajstić information content (AvgIpc) is 3.41. The Balaban J connectivity index is 1.41. The zero-order chi connectivity index (χ0) is 19.5. The fourth-order valence-electron chi connectivity index (χ4n) is 3.11. The minimum absolute atomic E-state index is 0.107. The van der Waals surface area contributed by atoms with Gasteiger partial charge in [-0.05, 0) is 18.2 Å². The molecule has 9 heteroatoms. The Labute approximate surface area is 160 Å². The number of hydrogen-bond acceptors (Lipinski definition) is 6. The molecule has 0 unspecified atom stereocenters. The van der Waals surface area contributed by atoms with Crippen LogP contribution in [0, 0.1) is 0 Å². The first-order valence-corrected chi connectivity index (χ1v) is 8.75. The second-order valence-electron chi connectivity index (χ2n) is 6.32. The largest absolute Gasteiger partial charge is 0.348 e. The molecule has 4 rings (SSSR count). The number of carbonyl (C=O) groups is 2.